The fraction of sp³-hybridized carbons (Fsp3) is 0.182. The van der Waals surface area contributed by atoms with E-state index in [9.17, 15) is 4.79 Å². The van der Waals surface area contributed by atoms with Crippen LogP contribution in [0.2, 0.25) is 0 Å². The van der Waals surface area contributed by atoms with Crippen LogP contribution >= 0.6 is 0 Å². The highest BCUT2D eigenvalue weighted by molar-refractivity contribution is 6.09. The molecular weight excluding hydrogens is 322 g/mol. The standard InChI is InChI=1S/C22H19N3O/c1-13(21-24-18-7-2-3-8-19(18)25-21)23-22(26)17-12-11-15-10-9-14-5-4-6-16(17)20(14)15/h2-8,11-13H,9-10H2,1H3,(H,23,26)(H,24,25). The lowest BCUT2D eigenvalue weighted by molar-refractivity contribution is 0.0940. The van der Waals surface area contributed by atoms with Crippen molar-refractivity contribution in [1.82, 2.24) is 15.3 Å². The number of fused-ring (bicyclic) bond motifs is 1. The Morgan fingerprint density at radius 3 is 2.69 bits per heavy atom. The van der Waals surface area contributed by atoms with Crippen LogP contribution in [-0.4, -0.2) is 15.9 Å². The van der Waals surface area contributed by atoms with E-state index in [-0.39, 0.29) is 11.9 Å². The van der Waals surface area contributed by atoms with Crippen LogP contribution in [0, 0.1) is 0 Å². The summed E-state index contributed by atoms with van der Waals surface area (Å²) in [5.41, 5.74) is 5.31. The summed E-state index contributed by atoms with van der Waals surface area (Å²) in [5, 5.41) is 5.40. The van der Waals surface area contributed by atoms with Crippen molar-refractivity contribution in [2.45, 2.75) is 25.8 Å². The third kappa shape index (κ3) is 2.30. The van der Waals surface area contributed by atoms with Gasteiger partial charge in [0.25, 0.3) is 5.91 Å². The van der Waals surface area contributed by atoms with E-state index in [4.69, 9.17) is 0 Å². The summed E-state index contributed by atoms with van der Waals surface area (Å²) in [6.45, 7) is 1.95. The number of benzene rings is 3. The van der Waals surface area contributed by atoms with Gasteiger partial charge in [-0.05, 0) is 59.9 Å². The van der Waals surface area contributed by atoms with Crippen molar-refractivity contribution in [3.63, 3.8) is 0 Å². The fourth-order valence-electron chi connectivity index (χ4n) is 3.97. The number of aromatic nitrogens is 2. The van der Waals surface area contributed by atoms with Gasteiger partial charge in [-0.3, -0.25) is 4.79 Å². The first-order valence-electron chi connectivity index (χ1n) is 9.00. The topological polar surface area (TPSA) is 57.8 Å². The first kappa shape index (κ1) is 15.1. The smallest absolute Gasteiger partial charge is 0.252 e. The summed E-state index contributed by atoms with van der Waals surface area (Å²) in [4.78, 5) is 20.8. The van der Waals surface area contributed by atoms with Gasteiger partial charge in [0.05, 0.1) is 17.1 Å². The van der Waals surface area contributed by atoms with Crippen molar-refractivity contribution >= 4 is 27.7 Å². The number of amides is 1. The molecule has 1 aliphatic rings. The summed E-state index contributed by atoms with van der Waals surface area (Å²) in [7, 11) is 0. The SMILES string of the molecule is CC(NC(=O)c1ccc2c3c(cccc13)CC2)c1nc2ccccc2[nH]1. The van der Waals surface area contributed by atoms with Crippen LogP contribution in [0.5, 0.6) is 0 Å². The molecule has 1 aromatic heterocycles. The molecule has 4 nitrogen and oxygen atoms in total. The number of nitrogens with zero attached hydrogens (tertiary/aromatic N) is 1. The normalized spacial score (nSPS) is 14.0. The van der Waals surface area contributed by atoms with Crippen molar-refractivity contribution in [1.29, 1.82) is 0 Å². The maximum atomic E-state index is 12.9. The van der Waals surface area contributed by atoms with Crippen LogP contribution in [-0.2, 0) is 12.8 Å². The molecule has 4 aromatic rings. The van der Waals surface area contributed by atoms with Gasteiger partial charge in [-0.15, -0.1) is 0 Å². The van der Waals surface area contributed by atoms with Crippen LogP contribution in [0.25, 0.3) is 21.8 Å². The maximum Gasteiger partial charge on any atom is 0.252 e. The van der Waals surface area contributed by atoms with Gasteiger partial charge in [-0.2, -0.15) is 0 Å². The molecule has 1 heterocycles. The summed E-state index contributed by atoms with van der Waals surface area (Å²) in [5.74, 6) is 0.707. The van der Waals surface area contributed by atoms with E-state index in [1.54, 1.807) is 0 Å². The molecule has 0 saturated carbocycles. The molecule has 1 amide bonds. The van der Waals surface area contributed by atoms with Crippen LogP contribution < -0.4 is 5.32 Å². The maximum absolute atomic E-state index is 12.9. The van der Waals surface area contributed by atoms with Gasteiger partial charge in [0.1, 0.15) is 5.82 Å². The molecule has 0 fully saturated rings. The third-order valence-corrected chi connectivity index (χ3v) is 5.29. The first-order chi connectivity index (χ1) is 12.7. The summed E-state index contributed by atoms with van der Waals surface area (Å²) >= 11 is 0. The molecule has 1 aliphatic carbocycles. The van der Waals surface area contributed by atoms with Gasteiger partial charge in [-0.25, -0.2) is 4.98 Å². The lowest BCUT2D eigenvalue weighted by Crippen LogP contribution is -2.27. The molecular formula is C22H19N3O. The van der Waals surface area contributed by atoms with Crippen molar-refractivity contribution in [3.05, 3.63) is 77.1 Å². The Kier molecular flexibility index (Phi) is 3.32. The monoisotopic (exact) mass is 341 g/mol. The molecule has 0 spiro atoms. The summed E-state index contributed by atoms with van der Waals surface area (Å²) in [6.07, 6.45) is 2.13. The zero-order chi connectivity index (χ0) is 17.7. The van der Waals surface area contributed by atoms with E-state index < -0.39 is 0 Å². The molecule has 3 aromatic carbocycles. The summed E-state index contributed by atoms with van der Waals surface area (Å²) < 4.78 is 0. The molecule has 0 aliphatic heterocycles. The Bertz CT molecular complexity index is 1120. The van der Waals surface area contributed by atoms with Gasteiger partial charge in [0.2, 0.25) is 0 Å². The lowest BCUT2D eigenvalue weighted by atomic mass is 9.99. The Morgan fingerprint density at radius 2 is 1.85 bits per heavy atom. The molecule has 128 valence electrons. The molecule has 26 heavy (non-hydrogen) atoms. The number of hydrogen-bond acceptors (Lipinski definition) is 2. The number of carbonyl (C=O) groups excluding carboxylic acids is 1. The number of imidazole rings is 1. The average molecular weight is 341 g/mol. The highest BCUT2D eigenvalue weighted by Crippen LogP contribution is 2.33. The van der Waals surface area contributed by atoms with E-state index in [1.165, 1.54) is 16.5 Å². The number of rotatable bonds is 3. The zero-order valence-electron chi connectivity index (χ0n) is 14.5. The molecule has 0 bridgehead atoms. The van der Waals surface area contributed by atoms with Crippen LogP contribution in [0.15, 0.2) is 54.6 Å². The van der Waals surface area contributed by atoms with E-state index >= 15 is 0 Å². The third-order valence-electron chi connectivity index (χ3n) is 5.29. The molecule has 0 saturated heterocycles. The van der Waals surface area contributed by atoms with Crippen molar-refractivity contribution in [2.75, 3.05) is 0 Å². The Morgan fingerprint density at radius 1 is 1.04 bits per heavy atom. The molecule has 1 unspecified atom stereocenters. The first-order valence-corrected chi connectivity index (χ1v) is 9.00. The average Bonchev–Trinajstić information content (AvgIpc) is 3.27. The molecule has 0 radical (unpaired) electrons. The van der Waals surface area contributed by atoms with E-state index in [0.29, 0.717) is 0 Å². The number of para-hydroxylation sites is 2. The Balaban J connectivity index is 1.48. The predicted octanol–water partition coefficient (Wildman–Crippen LogP) is 4.31. The van der Waals surface area contributed by atoms with Gasteiger partial charge in [-0.1, -0.05) is 36.4 Å². The molecule has 5 rings (SSSR count). The lowest BCUT2D eigenvalue weighted by Gasteiger charge is -2.13. The minimum Gasteiger partial charge on any atom is -0.342 e. The second kappa shape index (κ2) is 5.70. The van der Waals surface area contributed by atoms with Gasteiger partial charge in [0, 0.05) is 5.56 Å². The van der Waals surface area contributed by atoms with Crippen molar-refractivity contribution in [3.8, 4) is 0 Å². The zero-order valence-corrected chi connectivity index (χ0v) is 14.5. The summed E-state index contributed by atoms with van der Waals surface area (Å²) in [6, 6.07) is 18.0. The fourth-order valence-corrected chi connectivity index (χ4v) is 3.97. The second-order valence-electron chi connectivity index (χ2n) is 6.95. The van der Waals surface area contributed by atoms with E-state index in [0.717, 1.165) is 40.6 Å². The van der Waals surface area contributed by atoms with Crippen LogP contribution in [0.4, 0.5) is 0 Å². The van der Waals surface area contributed by atoms with Crippen LogP contribution in [0.1, 0.15) is 40.3 Å². The highest BCUT2D eigenvalue weighted by Gasteiger charge is 2.20. The van der Waals surface area contributed by atoms with Gasteiger partial charge < -0.3 is 10.3 Å². The van der Waals surface area contributed by atoms with Gasteiger partial charge >= 0.3 is 0 Å². The Labute approximate surface area is 151 Å². The van der Waals surface area contributed by atoms with E-state index in [2.05, 4.69) is 33.5 Å². The second-order valence-corrected chi connectivity index (χ2v) is 6.95. The minimum absolute atomic E-state index is 0.0615. The predicted molar refractivity (Wildman–Crippen MR) is 103 cm³/mol. The minimum atomic E-state index is -0.196. The quantitative estimate of drug-likeness (QED) is 0.583. The largest absolute Gasteiger partial charge is 0.342 e. The number of carbonyl (C=O) groups is 1. The number of aromatic amines is 1. The molecule has 4 heteroatoms. The number of nitrogens with one attached hydrogen (secondary N) is 2. The van der Waals surface area contributed by atoms with Gasteiger partial charge in [0.15, 0.2) is 0 Å². The van der Waals surface area contributed by atoms with Crippen molar-refractivity contribution in [2.24, 2.45) is 0 Å². The highest BCUT2D eigenvalue weighted by atomic mass is 16.1. The molecule has 2 N–H and O–H groups in total. The Hall–Kier alpha value is -3.14. The molecule has 1 atom stereocenters. The van der Waals surface area contributed by atoms with Crippen LogP contribution in [0.3, 0.4) is 0 Å². The number of aryl methyl sites for hydroxylation is 2. The number of hydrogen-bond donors (Lipinski definition) is 2. The van der Waals surface area contributed by atoms with E-state index in [1.807, 2.05) is 43.3 Å². The number of H-pyrrole nitrogens is 1. The van der Waals surface area contributed by atoms with Crippen molar-refractivity contribution < 1.29 is 4.79 Å².